The number of rotatable bonds is 2. The predicted molar refractivity (Wildman–Crippen MR) is 114 cm³/mol. The molecule has 12 nitrogen and oxygen atoms in total. The van der Waals surface area contributed by atoms with Crippen LogP contribution in [0.5, 0.6) is 0 Å². The first-order valence-electron chi connectivity index (χ1n) is 10.3. The van der Waals surface area contributed by atoms with Crippen molar-refractivity contribution < 1.29 is 38.9 Å². The van der Waals surface area contributed by atoms with Gasteiger partial charge in [-0.05, 0) is 41.5 Å². The predicted octanol–water partition coefficient (Wildman–Crippen LogP) is 0.530. The second-order valence-corrected chi connectivity index (χ2v) is 9.99. The molecular weight excluding hydrogens is 424 g/mol. The highest BCUT2D eigenvalue weighted by Crippen LogP contribution is 2.20. The normalized spacial score (nSPS) is 25.6. The number of carbonyl (C=O) groups is 4. The van der Waals surface area contributed by atoms with E-state index in [0.717, 1.165) is 0 Å². The molecule has 6 N–H and O–H groups in total. The van der Waals surface area contributed by atoms with E-state index in [1.54, 1.807) is 41.5 Å². The van der Waals surface area contributed by atoms with Gasteiger partial charge < -0.3 is 41.0 Å². The number of hydrogen-bond acceptors (Lipinski definition) is 8. The van der Waals surface area contributed by atoms with E-state index in [-0.39, 0.29) is 26.2 Å². The lowest BCUT2D eigenvalue weighted by Gasteiger charge is -2.24. The van der Waals surface area contributed by atoms with Gasteiger partial charge in [-0.2, -0.15) is 0 Å². The summed E-state index contributed by atoms with van der Waals surface area (Å²) in [4.78, 5) is 47.6. The summed E-state index contributed by atoms with van der Waals surface area (Å²) >= 11 is 0. The van der Waals surface area contributed by atoms with Crippen LogP contribution in [0.4, 0.5) is 9.59 Å². The standard InChI is InChI=1S/2C10H18N2O4/c2*1-10(2,3)16-9(15)12-4-6(8(13)14)7(11)5-12/h2*6-7H,4-5,11H2,1-3H3,(H,13,14)/t2*6-,7-/m10/s1. The molecule has 2 amide bonds. The molecule has 2 fully saturated rings. The number of carboxylic acids is 2. The van der Waals surface area contributed by atoms with E-state index in [9.17, 15) is 19.2 Å². The van der Waals surface area contributed by atoms with Crippen LogP contribution in [0.1, 0.15) is 41.5 Å². The molecule has 0 unspecified atom stereocenters. The van der Waals surface area contributed by atoms with Crippen LogP contribution in [0.15, 0.2) is 0 Å². The molecule has 0 bridgehead atoms. The van der Waals surface area contributed by atoms with Crippen molar-refractivity contribution in [2.24, 2.45) is 23.3 Å². The highest BCUT2D eigenvalue weighted by Gasteiger charge is 2.40. The Morgan fingerprint density at radius 1 is 0.688 bits per heavy atom. The zero-order chi connectivity index (χ0) is 25.0. The Morgan fingerprint density at radius 2 is 0.969 bits per heavy atom. The van der Waals surface area contributed by atoms with Crippen LogP contribution in [0.25, 0.3) is 0 Å². The van der Waals surface area contributed by atoms with Crippen molar-refractivity contribution in [1.29, 1.82) is 0 Å². The van der Waals surface area contributed by atoms with Crippen LogP contribution in [-0.2, 0) is 19.1 Å². The smallest absolute Gasteiger partial charge is 0.410 e. The molecule has 0 aromatic carbocycles. The zero-order valence-electron chi connectivity index (χ0n) is 19.5. The highest BCUT2D eigenvalue weighted by atomic mass is 16.6. The zero-order valence-corrected chi connectivity index (χ0v) is 19.5. The van der Waals surface area contributed by atoms with Gasteiger partial charge in [-0.15, -0.1) is 0 Å². The van der Waals surface area contributed by atoms with Gasteiger partial charge in [0.15, 0.2) is 0 Å². The molecule has 0 spiro atoms. The van der Waals surface area contributed by atoms with Crippen LogP contribution in [0, 0.1) is 11.8 Å². The minimum Gasteiger partial charge on any atom is -0.481 e. The third-order valence-corrected chi connectivity index (χ3v) is 4.67. The van der Waals surface area contributed by atoms with Crippen LogP contribution in [0.2, 0.25) is 0 Å². The minimum absolute atomic E-state index is 0.116. The maximum Gasteiger partial charge on any atom is 0.410 e. The van der Waals surface area contributed by atoms with Crippen molar-refractivity contribution in [2.75, 3.05) is 26.2 Å². The van der Waals surface area contributed by atoms with Crippen LogP contribution >= 0.6 is 0 Å². The van der Waals surface area contributed by atoms with Gasteiger partial charge in [0.1, 0.15) is 11.2 Å². The van der Waals surface area contributed by atoms with E-state index in [4.69, 9.17) is 31.2 Å². The second kappa shape index (κ2) is 10.3. The number of amides is 2. The third kappa shape index (κ3) is 8.50. The average Bonchev–Trinajstić information content (AvgIpc) is 3.15. The number of ether oxygens (including phenoxy) is 2. The molecule has 2 heterocycles. The van der Waals surface area contributed by atoms with Crippen molar-refractivity contribution in [1.82, 2.24) is 9.80 Å². The minimum atomic E-state index is -0.974. The number of carboxylic acid groups (broad SMARTS) is 2. The molecule has 2 aliphatic heterocycles. The Bertz CT molecular complexity index is 655. The Kier molecular flexibility index (Phi) is 8.87. The number of likely N-dealkylation sites (tertiary alicyclic amines) is 2. The number of aliphatic carboxylic acids is 2. The molecular formula is C20H36N4O8. The summed E-state index contributed by atoms with van der Waals surface area (Å²) in [6.45, 7) is 11.2. The van der Waals surface area contributed by atoms with Gasteiger partial charge in [0, 0.05) is 38.3 Å². The van der Waals surface area contributed by atoms with E-state index in [2.05, 4.69) is 0 Å². The van der Waals surface area contributed by atoms with Crippen molar-refractivity contribution in [2.45, 2.75) is 64.8 Å². The largest absolute Gasteiger partial charge is 0.481 e. The van der Waals surface area contributed by atoms with E-state index < -0.39 is 59.2 Å². The molecule has 0 aromatic heterocycles. The molecule has 0 radical (unpaired) electrons. The van der Waals surface area contributed by atoms with Crippen molar-refractivity contribution in [3.8, 4) is 0 Å². The lowest BCUT2D eigenvalue weighted by Crippen LogP contribution is -2.36. The quantitative estimate of drug-likeness (QED) is 0.453. The van der Waals surface area contributed by atoms with E-state index >= 15 is 0 Å². The molecule has 2 saturated heterocycles. The highest BCUT2D eigenvalue weighted by molar-refractivity contribution is 5.76. The van der Waals surface area contributed by atoms with Gasteiger partial charge in [0.25, 0.3) is 0 Å². The molecule has 2 aliphatic rings. The maximum atomic E-state index is 11.6. The second-order valence-electron chi connectivity index (χ2n) is 9.99. The SMILES string of the molecule is CC(C)(C)OC(=O)N1C[C@@H](N)[C@H](C(=O)O)C1.CC(C)(C)OC(=O)N1C[C@H](C(=O)O)[C@@H](N)C1. The molecule has 0 saturated carbocycles. The Labute approximate surface area is 187 Å². The summed E-state index contributed by atoms with van der Waals surface area (Å²) in [5, 5.41) is 17.7. The third-order valence-electron chi connectivity index (χ3n) is 4.67. The summed E-state index contributed by atoms with van der Waals surface area (Å²) < 4.78 is 10.3. The molecule has 2 rings (SSSR count). The molecule has 4 atom stereocenters. The van der Waals surface area contributed by atoms with E-state index in [0.29, 0.717) is 0 Å². The van der Waals surface area contributed by atoms with Crippen LogP contribution < -0.4 is 11.5 Å². The van der Waals surface area contributed by atoms with Crippen molar-refractivity contribution >= 4 is 24.1 Å². The number of nitrogens with two attached hydrogens (primary N) is 2. The molecule has 0 aliphatic carbocycles. The number of nitrogens with zero attached hydrogens (tertiary/aromatic N) is 2. The Hall–Kier alpha value is -2.60. The van der Waals surface area contributed by atoms with Crippen molar-refractivity contribution in [3.63, 3.8) is 0 Å². The summed E-state index contributed by atoms with van der Waals surface area (Å²) in [5.74, 6) is -3.35. The molecule has 0 aromatic rings. The van der Waals surface area contributed by atoms with E-state index in [1.165, 1.54) is 9.80 Å². The van der Waals surface area contributed by atoms with Gasteiger partial charge in [-0.25, -0.2) is 9.59 Å². The molecule has 184 valence electrons. The lowest BCUT2D eigenvalue weighted by molar-refractivity contribution is -0.142. The van der Waals surface area contributed by atoms with E-state index in [1.807, 2.05) is 0 Å². The number of carbonyl (C=O) groups excluding carboxylic acids is 2. The fraction of sp³-hybridized carbons (Fsp3) is 0.800. The first-order valence-corrected chi connectivity index (χ1v) is 10.3. The van der Waals surface area contributed by atoms with Crippen LogP contribution in [-0.4, -0.2) is 93.6 Å². The van der Waals surface area contributed by atoms with Crippen molar-refractivity contribution in [3.05, 3.63) is 0 Å². The topological polar surface area (TPSA) is 186 Å². The van der Waals surface area contributed by atoms with Gasteiger partial charge in [0.05, 0.1) is 11.8 Å². The summed E-state index contributed by atoms with van der Waals surface area (Å²) in [6.07, 6.45) is -1.02. The fourth-order valence-electron chi connectivity index (χ4n) is 3.13. The first kappa shape index (κ1) is 27.4. The average molecular weight is 461 g/mol. The summed E-state index contributed by atoms with van der Waals surface area (Å²) in [6, 6.07) is -1.05. The van der Waals surface area contributed by atoms with Gasteiger partial charge in [-0.3, -0.25) is 9.59 Å². The van der Waals surface area contributed by atoms with Crippen LogP contribution in [0.3, 0.4) is 0 Å². The monoisotopic (exact) mass is 460 g/mol. The Balaban J connectivity index is 0.000000320. The summed E-state index contributed by atoms with van der Waals surface area (Å²) in [7, 11) is 0. The Morgan fingerprint density at radius 3 is 1.16 bits per heavy atom. The summed E-state index contributed by atoms with van der Waals surface area (Å²) in [5.41, 5.74) is 10.1. The molecule has 32 heavy (non-hydrogen) atoms. The fourth-order valence-corrected chi connectivity index (χ4v) is 3.13. The molecule has 12 heteroatoms. The van der Waals surface area contributed by atoms with Gasteiger partial charge in [-0.1, -0.05) is 0 Å². The first-order chi connectivity index (χ1) is 14.4. The van der Waals surface area contributed by atoms with Gasteiger partial charge >= 0.3 is 24.1 Å². The van der Waals surface area contributed by atoms with Gasteiger partial charge in [0.2, 0.25) is 0 Å². The maximum absolute atomic E-state index is 11.6. The number of hydrogen-bond donors (Lipinski definition) is 4. The lowest BCUT2D eigenvalue weighted by atomic mass is 10.1.